The van der Waals surface area contributed by atoms with Gasteiger partial charge in [-0.1, -0.05) is 11.6 Å². The van der Waals surface area contributed by atoms with E-state index in [2.05, 4.69) is 16.4 Å². The lowest BCUT2D eigenvalue weighted by Gasteiger charge is -2.25. The highest BCUT2D eigenvalue weighted by molar-refractivity contribution is 6.31. The molecule has 130 valence electrons. The van der Waals surface area contributed by atoms with Crippen LogP contribution in [0.1, 0.15) is 30.5 Å². The number of aromatic amines is 1. The van der Waals surface area contributed by atoms with Gasteiger partial charge in [-0.25, -0.2) is 0 Å². The summed E-state index contributed by atoms with van der Waals surface area (Å²) in [5.74, 6) is 0.0387. The third-order valence-electron chi connectivity index (χ3n) is 5.41. The maximum Gasteiger partial charge on any atom is 0.237 e. The Balaban J connectivity index is 1.43. The van der Waals surface area contributed by atoms with E-state index in [1.807, 2.05) is 18.2 Å². The molecule has 2 heterocycles. The predicted octanol–water partition coefficient (Wildman–Crippen LogP) is 2.78. The Morgan fingerprint density at radius 2 is 2.32 bits per heavy atom. The average molecular weight is 357 g/mol. The number of aryl methyl sites for hydroxylation is 1. The molecular weight excluding hydrogens is 336 g/mol. The molecule has 25 heavy (non-hydrogen) atoms. The lowest BCUT2D eigenvalue weighted by molar-refractivity contribution is -0.130. The molecule has 4 rings (SSSR count). The van der Waals surface area contributed by atoms with Gasteiger partial charge in [0, 0.05) is 34.2 Å². The molecule has 2 atom stereocenters. The van der Waals surface area contributed by atoms with Crippen molar-refractivity contribution in [3.8, 4) is 6.07 Å². The van der Waals surface area contributed by atoms with Gasteiger partial charge in [0.05, 0.1) is 12.6 Å². The molecule has 1 aromatic heterocycles. The molecule has 6 heteroatoms. The number of carbonyl (C=O) groups is 1. The molecule has 1 fully saturated rings. The number of halogens is 1. The minimum atomic E-state index is -0.247. The van der Waals surface area contributed by atoms with E-state index in [4.69, 9.17) is 16.9 Å². The van der Waals surface area contributed by atoms with Crippen LogP contribution in [-0.4, -0.2) is 41.0 Å². The topological polar surface area (TPSA) is 71.9 Å². The fourth-order valence-corrected chi connectivity index (χ4v) is 4.27. The van der Waals surface area contributed by atoms with Gasteiger partial charge in [0.15, 0.2) is 0 Å². The predicted molar refractivity (Wildman–Crippen MR) is 97.5 cm³/mol. The van der Waals surface area contributed by atoms with E-state index in [-0.39, 0.29) is 18.0 Å². The number of nitrogens with one attached hydrogen (secondary N) is 2. The van der Waals surface area contributed by atoms with E-state index in [0.29, 0.717) is 13.1 Å². The van der Waals surface area contributed by atoms with Crippen LogP contribution >= 0.6 is 11.6 Å². The second kappa shape index (κ2) is 6.70. The molecule has 2 unspecified atom stereocenters. The molecule has 1 amide bonds. The average Bonchev–Trinajstić information content (AvgIpc) is 3.23. The zero-order valence-corrected chi connectivity index (χ0v) is 14.8. The maximum atomic E-state index is 12.4. The molecule has 2 N–H and O–H groups in total. The number of hydrogen-bond donors (Lipinski definition) is 2. The van der Waals surface area contributed by atoms with Crippen LogP contribution in [0, 0.1) is 11.3 Å². The number of aromatic nitrogens is 1. The van der Waals surface area contributed by atoms with Crippen molar-refractivity contribution >= 4 is 28.4 Å². The van der Waals surface area contributed by atoms with Gasteiger partial charge in [-0.05, 0) is 55.9 Å². The summed E-state index contributed by atoms with van der Waals surface area (Å²) < 4.78 is 0. The molecule has 1 aliphatic heterocycles. The summed E-state index contributed by atoms with van der Waals surface area (Å²) in [6, 6.07) is 8.20. The van der Waals surface area contributed by atoms with Crippen molar-refractivity contribution in [3.63, 3.8) is 0 Å². The molecular formula is C19H21ClN4O. The van der Waals surface area contributed by atoms with Gasteiger partial charge in [-0.2, -0.15) is 5.26 Å². The van der Waals surface area contributed by atoms with E-state index < -0.39 is 0 Å². The fourth-order valence-electron chi connectivity index (χ4n) is 4.10. The minimum Gasteiger partial charge on any atom is -0.358 e. The van der Waals surface area contributed by atoms with Crippen LogP contribution in [0.2, 0.25) is 5.02 Å². The number of hydrogen-bond acceptors (Lipinski definition) is 3. The van der Waals surface area contributed by atoms with Crippen molar-refractivity contribution in [2.24, 2.45) is 0 Å². The Labute approximate surface area is 151 Å². The Morgan fingerprint density at radius 3 is 3.16 bits per heavy atom. The largest absolute Gasteiger partial charge is 0.358 e. The Kier molecular flexibility index (Phi) is 4.41. The molecule has 2 aromatic rings. The zero-order chi connectivity index (χ0) is 17.4. The molecule has 1 saturated heterocycles. The van der Waals surface area contributed by atoms with E-state index >= 15 is 0 Å². The van der Waals surface area contributed by atoms with Crippen molar-refractivity contribution in [1.29, 1.82) is 5.26 Å². The number of likely N-dealkylation sites (tertiary alicyclic amines) is 1. The van der Waals surface area contributed by atoms with E-state index in [9.17, 15) is 4.79 Å². The van der Waals surface area contributed by atoms with Crippen LogP contribution in [0.5, 0.6) is 0 Å². The van der Waals surface area contributed by atoms with Crippen molar-refractivity contribution in [2.45, 2.75) is 44.2 Å². The van der Waals surface area contributed by atoms with Gasteiger partial charge in [0.2, 0.25) is 5.91 Å². The Hall–Kier alpha value is -2.03. The van der Waals surface area contributed by atoms with Crippen molar-refractivity contribution in [1.82, 2.24) is 15.2 Å². The van der Waals surface area contributed by atoms with Gasteiger partial charge in [-0.15, -0.1) is 0 Å². The zero-order valence-electron chi connectivity index (χ0n) is 14.0. The molecule has 2 aliphatic rings. The molecule has 5 nitrogen and oxygen atoms in total. The second-order valence-corrected chi connectivity index (χ2v) is 7.40. The molecule has 0 bridgehead atoms. The number of benzene rings is 1. The van der Waals surface area contributed by atoms with Gasteiger partial charge in [0.25, 0.3) is 0 Å². The quantitative estimate of drug-likeness (QED) is 0.888. The molecule has 0 saturated carbocycles. The third kappa shape index (κ3) is 3.12. The second-order valence-electron chi connectivity index (χ2n) is 6.97. The lowest BCUT2D eigenvalue weighted by atomic mass is 9.91. The first-order valence-corrected chi connectivity index (χ1v) is 9.25. The normalized spacial score (nSPS) is 22.8. The minimum absolute atomic E-state index is 0.0387. The summed E-state index contributed by atoms with van der Waals surface area (Å²) >= 11 is 6.15. The van der Waals surface area contributed by atoms with Crippen LogP contribution in [0.4, 0.5) is 0 Å². The van der Waals surface area contributed by atoms with Crippen molar-refractivity contribution in [2.75, 3.05) is 13.1 Å². The summed E-state index contributed by atoms with van der Waals surface area (Å²) in [6.07, 6.45) is 4.59. The number of fused-ring (bicyclic) bond motifs is 3. The van der Waals surface area contributed by atoms with Crippen LogP contribution < -0.4 is 5.32 Å². The first kappa shape index (κ1) is 16.4. The summed E-state index contributed by atoms with van der Waals surface area (Å²) in [5, 5.41) is 14.5. The summed E-state index contributed by atoms with van der Waals surface area (Å²) in [6.45, 7) is 1.01. The van der Waals surface area contributed by atoms with Gasteiger partial charge in [-0.3, -0.25) is 4.79 Å². The Bertz CT molecular complexity index is 853. The first-order chi connectivity index (χ1) is 12.2. The summed E-state index contributed by atoms with van der Waals surface area (Å²) in [5.41, 5.74) is 3.72. The van der Waals surface area contributed by atoms with Crippen LogP contribution in [0.15, 0.2) is 18.2 Å². The van der Waals surface area contributed by atoms with E-state index in [0.717, 1.165) is 42.6 Å². The summed E-state index contributed by atoms with van der Waals surface area (Å²) in [4.78, 5) is 17.6. The highest BCUT2D eigenvalue weighted by Gasteiger charge is 2.29. The molecule has 1 aromatic carbocycles. The number of carbonyl (C=O) groups excluding carboxylic acids is 1. The van der Waals surface area contributed by atoms with Crippen molar-refractivity contribution < 1.29 is 4.79 Å². The van der Waals surface area contributed by atoms with Gasteiger partial charge >= 0.3 is 0 Å². The van der Waals surface area contributed by atoms with Gasteiger partial charge in [0.1, 0.15) is 6.04 Å². The fraction of sp³-hybridized carbons (Fsp3) is 0.474. The monoisotopic (exact) mass is 356 g/mol. The smallest absolute Gasteiger partial charge is 0.237 e. The lowest BCUT2D eigenvalue weighted by Crippen LogP contribution is -2.44. The summed E-state index contributed by atoms with van der Waals surface area (Å²) in [7, 11) is 0. The maximum absolute atomic E-state index is 12.4. The van der Waals surface area contributed by atoms with E-state index in [1.54, 1.807) is 4.90 Å². The number of amides is 1. The number of nitriles is 1. The third-order valence-corrected chi connectivity index (χ3v) is 5.65. The van der Waals surface area contributed by atoms with Crippen LogP contribution in [-0.2, 0) is 17.6 Å². The van der Waals surface area contributed by atoms with E-state index in [1.165, 1.54) is 16.6 Å². The number of H-pyrrole nitrogens is 1. The van der Waals surface area contributed by atoms with Gasteiger partial charge < -0.3 is 15.2 Å². The Morgan fingerprint density at radius 1 is 1.44 bits per heavy atom. The number of nitrogens with zero attached hydrogens (tertiary/aromatic N) is 2. The standard InChI is InChI=1S/C19H21ClN4O/c20-12-3-5-17-15(8-12)16-9-13(4-6-18(16)23-17)22-11-19(25)24-7-1-2-14(24)10-21/h3,5,8,13-14,22-23H,1-2,4,6-7,9,11H2. The van der Waals surface area contributed by atoms with Crippen LogP contribution in [0.25, 0.3) is 10.9 Å². The van der Waals surface area contributed by atoms with Crippen molar-refractivity contribution in [3.05, 3.63) is 34.5 Å². The SMILES string of the molecule is N#CC1CCCN1C(=O)CNC1CCc2[nH]c3ccc(Cl)cc3c2C1. The first-order valence-electron chi connectivity index (χ1n) is 8.87. The molecule has 0 spiro atoms. The highest BCUT2D eigenvalue weighted by atomic mass is 35.5. The highest BCUT2D eigenvalue weighted by Crippen LogP contribution is 2.31. The molecule has 1 aliphatic carbocycles. The molecule has 0 radical (unpaired) electrons. The number of rotatable bonds is 3. The van der Waals surface area contributed by atoms with Crippen LogP contribution in [0.3, 0.4) is 0 Å².